The molecule has 2 aliphatic rings. The van der Waals surface area contributed by atoms with Crippen molar-refractivity contribution in [3.63, 3.8) is 0 Å². The quantitative estimate of drug-likeness (QED) is 0.424. The Bertz CT molecular complexity index is 1160. The van der Waals surface area contributed by atoms with Gasteiger partial charge in [0.25, 0.3) is 0 Å². The molecule has 5 rings (SSSR count). The summed E-state index contributed by atoms with van der Waals surface area (Å²) in [6.07, 6.45) is 3.45. The molecule has 0 saturated carbocycles. The molecule has 5 nitrogen and oxygen atoms in total. The fraction of sp³-hybridized carbons (Fsp3) is 0.400. The molecule has 0 aliphatic carbocycles. The van der Waals surface area contributed by atoms with Gasteiger partial charge in [-0.25, -0.2) is 4.39 Å². The molecule has 2 heterocycles. The Labute approximate surface area is 213 Å². The fourth-order valence-corrected chi connectivity index (χ4v) is 5.34. The molecule has 1 N–H and O–H groups in total. The van der Waals surface area contributed by atoms with Gasteiger partial charge in [0.15, 0.2) is 0 Å². The zero-order valence-corrected chi connectivity index (χ0v) is 21.1. The van der Waals surface area contributed by atoms with E-state index in [1.165, 1.54) is 42.6 Å². The normalized spacial score (nSPS) is 15.7. The van der Waals surface area contributed by atoms with E-state index in [0.717, 1.165) is 49.7 Å². The standard InChI is InChI=1S/C30H36FN3O2/c1-2-33(21-23-5-10-28(11-6-23)36-18-17-32-14-3-4-15-32)30-20-26(31)8-12-29(30)34-16-13-24-19-27(35)9-7-25(24)22-34/h5-12,19-20,35H,2-4,13-18,21-22H2,1H3. The molecular weight excluding hydrogens is 453 g/mol. The molecule has 1 fully saturated rings. The van der Waals surface area contributed by atoms with Crippen LogP contribution in [-0.2, 0) is 19.5 Å². The highest BCUT2D eigenvalue weighted by Crippen LogP contribution is 2.35. The Kier molecular flexibility index (Phi) is 7.61. The number of hydrogen-bond donors (Lipinski definition) is 1. The van der Waals surface area contributed by atoms with E-state index >= 15 is 0 Å². The number of ether oxygens (including phenoxy) is 1. The Morgan fingerprint density at radius 1 is 0.944 bits per heavy atom. The minimum atomic E-state index is -0.226. The van der Waals surface area contributed by atoms with E-state index in [1.807, 2.05) is 30.3 Å². The van der Waals surface area contributed by atoms with Crippen LogP contribution in [0, 0.1) is 5.82 Å². The molecular formula is C30H36FN3O2. The van der Waals surface area contributed by atoms with Crippen LogP contribution in [-0.4, -0.2) is 49.3 Å². The maximum absolute atomic E-state index is 14.4. The third-order valence-electron chi connectivity index (χ3n) is 7.37. The minimum absolute atomic E-state index is 0.226. The summed E-state index contributed by atoms with van der Waals surface area (Å²) in [4.78, 5) is 7.00. The Morgan fingerprint density at radius 2 is 1.75 bits per heavy atom. The maximum atomic E-state index is 14.4. The summed E-state index contributed by atoms with van der Waals surface area (Å²) in [5.41, 5.74) is 5.51. The van der Waals surface area contributed by atoms with E-state index in [-0.39, 0.29) is 5.82 Å². The van der Waals surface area contributed by atoms with Crippen LogP contribution in [0.15, 0.2) is 60.7 Å². The first kappa shape index (κ1) is 24.4. The van der Waals surface area contributed by atoms with Crippen molar-refractivity contribution in [3.8, 4) is 11.5 Å². The predicted molar refractivity (Wildman–Crippen MR) is 144 cm³/mol. The van der Waals surface area contributed by atoms with Crippen molar-refractivity contribution in [2.24, 2.45) is 0 Å². The number of phenols is 1. The molecule has 2 aliphatic heterocycles. The number of rotatable bonds is 9. The van der Waals surface area contributed by atoms with Gasteiger partial charge in [0.1, 0.15) is 23.9 Å². The van der Waals surface area contributed by atoms with Crippen molar-refractivity contribution < 1.29 is 14.2 Å². The van der Waals surface area contributed by atoms with Crippen LogP contribution < -0.4 is 14.5 Å². The first-order chi connectivity index (χ1) is 17.6. The highest BCUT2D eigenvalue weighted by atomic mass is 19.1. The van der Waals surface area contributed by atoms with E-state index < -0.39 is 0 Å². The zero-order chi connectivity index (χ0) is 24.9. The maximum Gasteiger partial charge on any atom is 0.125 e. The van der Waals surface area contributed by atoms with Crippen LogP contribution in [0.3, 0.4) is 0 Å². The largest absolute Gasteiger partial charge is 0.508 e. The number of aromatic hydroxyl groups is 1. The molecule has 6 heteroatoms. The zero-order valence-electron chi connectivity index (χ0n) is 21.1. The third kappa shape index (κ3) is 5.76. The van der Waals surface area contributed by atoms with Gasteiger partial charge in [-0.1, -0.05) is 18.2 Å². The third-order valence-corrected chi connectivity index (χ3v) is 7.37. The summed E-state index contributed by atoms with van der Waals surface area (Å²) in [5.74, 6) is 0.978. The van der Waals surface area contributed by atoms with Crippen LogP contribution in [0.25, 0.3) is 0 Å². The molecule has 0 unspecified atom stereocenters. The Morgan fingerprint density at radius 3 is 2.53 bits per heavy atom. The highest BCUT2D eigenvalue weighted by molar-refractivity contribution is 5.72. The second-order valence-electron chi connectivity index (χ2n) is 9.81. The SMILES string of the molecule is CCN(Cc1ccc(OCCN2CCCC2)cc1)c1cc(F)ccc1N1CCc2cc(O)ccc2C1. The molecule has 0 bridgehead atoms. The van der Waals surface area contributed by atoms with Crippen molar-refractivity contribution in [2.45, 2.75) is 39.3 Å². The monoisotopic (exact) mass is 489 g/mol. The summed E-state index contributed by atoms with van der Waals surface area (Å²) < 4.78 is 20.4. The first-order valence-electron chi connectivity index (χ1n) is 13.1. The smallest absolute Gasteiger partial charge is 0.125 e. The molecule has 0 aromatic heterocycles. The fourth-order valence-electron chi connectivity index (χ4n) is 5.34. The number of halogens is 1. The number of hydrogen-bond acceptors (Lipinski definition) is 5. The molecule has 190 valence electrons. The predicted octanol–water partition coefficient (Wildman–Crippen LogP) is 5.60. The molecule has 0 radical (unpaired) electrons. The molecule has 36 heavy (non-hydrogen) atoms. The lowest BCUT2D eigenvalue weighted by Crippen LogP contribution is -2.32. The highest BCUT2D eigenvalue weighted by Gasteiger charge is 2.22. The van der Waals surface area contributed by atoms with Crippen molar-refractivity contribution in [3.05, 3.63) is 83.2 Å². The van der Waals surface area contributed by atoms with Gasteiger partial charge >= 0.3 is 0 Å². The van der Waals surface area contributed by atoms with Crippen LogP contribution in [0.1, 0.15) is 36.5 Å². The Hall–Kier alpha value is -3.25. The molecule has 3 aromatic rings. The second kappa shape index (κ2) is 11.2. The van der Waals surface area contributed by atoms with Gasteiger partial charge in [-0.15, -0.1) is 0 Å². The van der Waals surface area contributed by atoms with Crippen molar-refractivity contribution in [1.82, 2.24) is 4.90 Å². The lowest BCUT2D eigenvalue weighted by molar-refractivity contribution is 0.238. The average Bonchev–Trinajstić information content (AvgIpc) is 3.41. The summed E-state index contributed by atoms with van der Waals surface area (Å²) in [6.45, 7) is 9.21. The van der Waals surface area contributed by atoms with Gasteiger partial charge in [0.2, 0.25) is 0 Å². The number of nitrogens with zero attached hydrogens (tertiary/aromatic N) is 3. The molecule has 3 aromatic carbocycles. The molecule has 0 amide bonds. The summed E-state index contributed by atoms with van der Waals surface area (Å²) in [5, 5.41) is 9.82. The second-order valence-corrected chi connectivity index (χ2v) is 9.81. The summed E-state index contributed by atoms with van der Waals surface area (Å²) in [7, 11) is 0. The van der Waals surface area contributed by atoms with E-state index in [9.17, 15) is 9.50 Å². The van der Waals surface area contributed by atoms with Crippen molar-refractivity contribution in [2.75, 3.05) is 49.1 Å². The van der Waals surface area contributed by atoms with Crippen LogP contribution in [0.2, 0.25) is 0 Å². The van der Waals surface area contributed by atoms with Crippen LogP contribution in [0.5, 0.6) is 11.5 Å². The van der Waals surface area contributed by atoms with Gasteiger partial charge in [-0.3, -0.25) is 4.90 Å². The number of likely N-dealkylation sites (tertiary alicyclic amines) is 1. The minimum Gasteiger partial charge on any atom is -0.508 e. The topological polar surface area (TPSA) is 39.2 Å². The summed E-state index contributed by atoms with van der Waals surface area (Å²) in [6, 6.07) is 19.0. The molecule has 1 saturated heterocycles. The van der Waals surface area contributed by atoms with Gasteiger partial charge in [0, 0.05) is 32.7 Å². The van der Waals surface area contributed by atoms with Crippen LogP contribution in [0.4, 0.5) is 15.8 Å². The van der Waals surface area contributed by atoms with E-state index in [2.05, 4.69) is 33.8 Å². The first-order valence-corrected chi connectivity index (χ1v) is 13.1. The lowest BCUT2D eigenvalue weighted by Gasteiger charge is -2.35. The van der Waals surface area contributed by atoms with Gasteiger partial charge in [-0.2, -0.15) is 0 Å². The number of benzene rings is 3. The van der Waals surface area contributed by atoms with Gasteiger partial charge in [-0.05, 0) is 98.4 Å². The lowest BCUT2D eigenvalue weighted by atomic mass is 9.98. The number of fused-ring (bicyclic) bond motifs is 1. The Balaban J connectivity index is 1.27. The average molecular weight is 490 g/mol. The molecule has 0 atom stereocenters. The number of phenolic OH excluding ortho intramolecular Hbond substituents is 1. The molecule has 0 spiro atoms. The van der Waals surface area contributed by atoms with Gasteiger partial charge < -0.3 is 19.6 Å². The number of anilines is 2. The summed E-state index contributed by atoms with van der Waals surface area (Å²) >= 11 is 0. The van der Waals surface area contributed by atoms with E-state index in [0.29, 0.717) is 18.9 Å². The van der Waals surface area contributed by atoms with Crippen molar-refractivity contribution in [1.29, 1.82) is 0 Å². The van der Waals surface area contributed by atoms with Gasteiger partial charge in [0.05, 0.1) is 11.4 Å². The van der Waals surface area contributed by atoms with E-state index in [1.54, 1.807) is 18.2 Å². The van der Waals surface area contributed by atoms with Crippen LogP contribution >= 0.6 is 0 Å². The van der Waals surface area contributed by atoms with E-state index in [4.69, 9.17) is 4.74 Å². The van der Waals surface area contributed by atoms with Crippen molar-refractivity contribution >= 4 is 11.4 Å².